The molecule has 1 atom stereocenters. The number of carbonyl (C=O) groups is 3. The zero-order valence-electron chi connectivity index (χ0n) is 19.7. The maximum atomic E-state index is 14.5. The zero-order chi connectivity index (χ0) is 25.4. The Morgan fingerprint density at radius 2 is 1.72 bits per heavy atom. The van der Waals surface area contributed by atoms with Crippen LogP contribution in [0.4, 0.5) is 10.1 Å². The number of imide groups is 1. The predicted octanol–water partition coefficient (Wildman–Crippen LogP) is 1.28. The van der Waals surface area contributed by atoms with Crippen molar-refractivity contribution in [3.63, 3.8) is 0 Å². The van der Waals surface area contributed by atoms with Gasteiger partial charge < -0.3 is 9.80 Å². The Hall–Kier alpha value is -3.31. The summed E-state index contributed by atoms with van der Waals surface area (Å²) in [6.45, 7) is 1.35. The fraction of sp³-hybridized carbons (Fsp3) is 0.400. The van der Waals surface area contributed by atoms with Crippen molar-refractivity contribution >= 4 is 33.4 Å². The highest BCUT2D eigenvalue weighted by molar-refractivity contribution is 7.89. The molecule has 0 saturated carbocycles. The molecule has 0 aromatic heterocycles. The summed E-state index contributed by atoms with van der Waals surface area (Å²) in [6.07, 6.45) is 0.791. The summed E-state index contributed by atoms with van der Waals surface area (Å²) >= 11 is 0. The molecule has 2 aromatic carbocycles. The monoisotopic (exact) mass is 514 g/mol. The number of hydrogen-bond acceptors (Lipinski definition) is 6. The van der Waals surface area contributed by atoms with Crippen LogP contribution in [-0.4, -0.2) is 73.3 Å². The van der Waals surface area contributed by atoms with Crippen LogP contribution in [0.2, 0.25) is 0 Å². The molecule has 5 rings (SSSR count). The highest BCUT2D eigenvalue weighted by atomic mass is 32.2. The van der Waals surface area contributed by atoms with E-state index in [1.54, 1.807) is 0 Å². The molecule has 3 aliphatic rings. The highest BCUT2D eigenvalue weighted by Crippen LogP contribution is 2.35. The fourth-order valence-corrected chi connectivity index (χ4v) is 6.59. The third kappa shape index (κ3) is 4.72. The number of hydrogen-bond donors (Lipinski definition) is 1. The smallest absolute Gasteiger partial charge is 0.255 e. The Balaban J connectivity index is 1.28. The van der Waals surface area contributed by atoms with Gasteiger partial charge in [0.1, 0.15) is 11.9 Å². The standard InChI is InChI=1S/C25H27FN4O5S/c26-18-14-19-20(16-30(25(19)33)21-6-7-23(31)27-24(21)32)22(15-18)28-9-11-29(12-10-28)36(34,35)13-8-17-4-2-1-3-5-17/h1-5,14-15,21H,6-13,16H2,(H,27,31,32). The fourth-order valence-electron chi connectivity index (χ4n) is 5.12. The molecule has 2 saturated heterocycles. The number of sulfonamides is 1. The quantitative estimate of drug-likeness (QED) is 0.582. The van der Waals surface area contributed by atoms with Gasteiger partial charge in [-0.3, -0.25) is 19.7 Å². The van der Waals surface area contributed by atoms with Crippen molar-refractivity contribution in [2.75, 3.05) is 36.8 Å². The summed E-state index contributed by atoms with van der Waals surface area (Å²) < 4.78 is 41.8. The number of benzene rings is 2. The molecule has 2 fully saturated rings. The molecule has 0 spiro atoms. The number of piperazine rings is 1. The van der Waals surface area contributed by atoms with Gasteiger partial charge in [-0.1, -0.05) is 30.3 Å². The second-order valence-electron chi connectivity index (χ2n) is 9.29. The normalized spacial score (nSPS) is 21.0. The van der Waals surface area contributed by atoms with E-state index < -0.39 is 33.7 Å². The highest BCUT2D eigenvalue weighted by Gasteiger charge is 2.41. The first-order valence-corrected chi connectivity index (χ1v) is 13.6. The van der Waals surface area contributed by atoms with E-state index in [1.165, 1.54) is 21.3 Å². The average Bonchev–Trinajstić information content (AvgIpc) is 3.19. The number of aryl methyl sites for hydroxylation is 1. The first kappa shape index (κ1) is 24.4. The number of rotatable bonds is 6. The minimum absolute atomic E-state index is 0.0157. The minimum Gasteiger partial charge on any atom is -0.369 e. The van der Waals surface area contributed by atoms with Crippen molar-refractivity contribution in [1.82, 2.24) is 14.5 Å². The number of amides is 3. The van der Waals surface area contributed by atoms with Crippen LogP contribution in [0.3, 0.4) is 0 Å². The van der Waals surface area contributed by atoms with Crippen molar-refractivity contribution in [1.29, 1.82) is 0 Å². The summed E-state index contributed by atoms with van der Waals surface area (Å²) in [4.78, 5) is 40.2. The summed E-state index contributed by atoms with van der Waals surface area (Å²) in [5.41, 5.74) is 2.31. The van der Waals surface area contributed by atoms with E-state index in [9.17, 15) is 27.2 Å². The Morgan fingerprint density at radius 1 is 1.00 bits per heavy atom. The topological polar surface area (TPSA) is 107 Å². The van der Waals surface area contributed by atoms with Crippen LogP contribution < -0.4 is 10.2 Å². The summed E-state index contributed by atoms with van der Waals surface area (Å²) in [5.74, 6) is -1.89. The molecule has 0 bridgehead atoms. The third-order valence-electron chi connectivity index (χ3n) is 7.06. The number of anilines is 1. The van der Waals surface area contributed by atoms with E-state index in [1.807, 2.05) is 35.2 Å². The Bertz CT molecular complexity index is 1310. The number of nitrogens with one attached hydrogen (secondary N) is 1. The molecule has 1 N–H and O–H groups in total. The molecule has 36 heavy (non-hydrogen) atoms. The van der Waals surface area contributed by atoms with Crippen molar-refractivity contribution in [3.8, 4) is 0 Å². The average molecular weight is 515 g/mol. The first-order valence-electron chi connectivity index (χ1n) is 12.0. The molecule has 3 aliphatic heterocycles. The van der Waals surface area contributed by atoms with Gasteiger partial charge in [0.25, 0.3) is 5.91 Å². The lowest BCUT2D eigenvalue weighted by Gasteiger charge is -2.36. The lowest BCUT2D eigenvalue weighted by Crippen LogP contribution is -2.52. The Morgan fingerprint density at radius 3 is 2.42 bits per heavy atom. The van der Waals surface area contributed by atoms with E-state index >= 15 is 0 Å². The Kier molecular flexibility index (Phi) is 6.52. The predicted molar refractivity (Wildman–Crippen MR) is 130 cm³/mol. The van der Waals surface area contributed by atoms with Crippen molar-refractivity contribution in [2.24, 2.45) is 0 Å². The summed E-state index contributed by atoms with van der Waals surface area (Å²) in [6, 6.07) is 11.2. The second kappa shape index (κ2) is 9.62. The molecule has 2 aromatic rings. The van der Waals surface area contributed by atoms with E-state index in [2.05, 4.69) is 5.32 Å². The van der Waals surface area contributed by atoms with Crippen LogP contribution in [0.5, 0.6) is 0 Å². The molecular weight excluding hydrogens is 487 g/mol. The number of carbonyl (C=O) groups excluding carboxylic acids is 3. The molecular formula is C25H27FN4O5S. The van der Waals surface area contributed by atoms with Gasteiger partial charge in [-0.05, 0) is 30.5 Å². The maximum Gasteiger partial charge on any atom is 0.255 e. The van der Waals surface area contributed by atoms with E-state index in [0.717, 1.165) is 5.56 Å². The lowest BCUT2D eigenvalue weighted by atomic mass is 10.0. The molecule has 3 heterocycles. The first-order chi connectivity index (χ1) is 17.2. The van der Waals surface area contributed by atoms with Crippen molar-refractivity contribution < 1.29 is 27.2 Å². The van der Waals surface area contributed by atoms with Gasteiger partial charge in [-0.2, -0.15) is 4.31 Å². The number of nitrogens with zero attached hydrogens (tertiary/aromatic N) is 3. The van der Waals surface area contributed by atoms with Gasteiger partial charge in [0, 0.05) is 56.0 Å². The van der Waals surface area contributed by atoms with E-state index in [-0.39, 0.29) is 49.7 Å². The van der Waals surface area contributed by atoms with E-state index in [0.29, 0.717) is 30.8 Å². The molecule has 11 heteroatoms. The molecule has 3 amide bonds. The molecule has 190 valence electrons. The summed E-state index contributed by atoms with van der Waals surface area (Å²) in [5, 5.41) is 2.26. The third-order valence-corrected chi connectivity index (χ3v) is 8.93. The molecule has 1 unspecified atom stereocenters. The van der Waals surface area contributed by atoms with Gasteiger partial charge in [0.2, 0.25) is 21.8 Å². The van der Waals surface area contributed by atoms with Crippen LogP contribution in [0.25, 0.3) is 0 Å². The van der Waals surface area contributed by atoms with Crippen LogP contribution in [0.1, 0.15) is 34.3 Å². The van der Waals surface area contributed by atoms with Gasteiger partial charge in [0.15, 0.2) is 0 Å². The van der Waals surface area contributed by atoms with Crippen molar-refractivity contribution in [3.05, 3.63) is 65.0 Å². The molecule has 0 radical (unpaired) electrons. The number of piperidine rings is 1. The van der Waals surface area contributed by atoms with E-state index in [4.69, 9.17) is 0 Å². The van der Waals surface area contributed by atoms with Crippen molar-refractivity contribution in [2.45, 2.75) is 31.8 Å². The maximum absolute atomic E-state index is 14.5. The second-order valence-corrected chi connectivity index (χ2v) is 11.4. The van der Waals surface area contributed by atoms with Crippen LogP contribution in [0.15, 0.2) is 42.5 Å². The largest absolute Gasteiger partial charge is 0.369 e. The van der Waals surface area contributed by atoms with Gasteiger partial charge >= 0.3 is 0 Å². The minimum atomic E-state index is -3.45. The Labute approximate surface area is 208 Å². The van der Waals surface area contributed by atoms with Crippen LogP contribution in [0, 0.1) is 5.82 Å². The molecule has 0 aliphatic carbocycles. The van der Waals surface area contributed by atoms with Gasteiger partial charge in [0.05, 0.1) is 5.75 Å². The summed E-state index contributed by atoms with van der Waals surface area (Å²) in [7, 11) is -3.45. The number of halogens is 1. The zero-order valence-corrected chi connectivity index (χ0v) is 20.5. The van der Waals surface area contributed by atoms with Crippen LogP contribution >= 0.6 is 0 Å². The van der Waals surface area contributed by atoms with Gasteiger partial charge in [-0.15, -0.1) is 0 Å². The molecule has 9 nitrogen and oxygen atoms in total. The lowest BCUT2D eigenvalue weighted by molar-refractivity contribution is -0.136. The van der Waals surface area contributed by atoms with Crippen LogP contribution in [-0.2, 0) is 32.6 Å². The number of fused-ring (bicyclic) bond motifs is 1. The SMILES string of the molecule is O=C1CCC(N2Cc3c(cc(F)cc3N3CCN(S(=O)(=O)CCc4ccccc4)CC3)C2=O)C(=O)N1. The van der Waals surface area contributed by atoms with Gasteiger partial charge in [-0.25, -0.2) is 12.8 Å².